The SMILES string of the molecule is C=Cc1c(C(F)(F)C(F)(F)F)nn(C)c1-n1cc(-c2ccc(Cl)c(C(=O)O)c2)cn1.C=Cc1c(C(F)(F)C(F)(F)F)nn(C)c1-n1cc(-c2ccc(Cl)c(C(=O)OC)c2)cn1. The molecule has 0 bridgehead atoms. The van der Waals surface area contributed by atoms with Crippen LogP contribution in [0.25, 0.3) is 46.0 Å². The van der Waals surface area contributed by atoms with Crippen LogP contribution in [-0.2, 0) is 30.7 Å². The summed E-state index contributed by atoms with van der Waals surface area (Å²) in [6, 6.07) is 8.64. The number of aromatic nitrogens is 8. The normalized spacial score (nSPS) is 12.2. The number of carbonyl (C=O) groups is 2. The number of rotatable bonds is 10. The lowest BCUT2D eigenvalue weighted by molar-refractivity contribution is -0.291. The third-order valence-corrected chi connectivity index (χ3v) is 9.31. The van der Waals surface area contributed by atoms with Gasteiger partial charge in [0.25, 0.3) is 0 Å². The maximum atomic E-state index is 13.9. The van der Waals surface area contributed by atoms with Gasteiger partial charge in [0.05, 0.1) is 40.7 Å². The second-order valence-corrected chi connectivity index (χ2v) is 13.3. The van der Waals surface area contributed by atoms with Crippen LogP contribution in [0, 0.1) is 0 Å². The molecule has 2 aromatic carbocycles. The van der Waals surface area contributed by atoms with Crippen molar-refractivity contribution >= 4 is 47.3 Å². The van der Waals surface area contributed by atoms with Gasteiger partial charge in [-0.1, -0.05) is 60.6 Å². The van der Waals surface area contributed by atoms with Crippen LogP contribution in [0.1, 0.15) is 43.2 Å². The van der Waals surface area contributed by atoms with Gasteiger partial charge >= 0.3 is 36.1 Å². The Morgan fingerprint density at radius 1 is 0.672 bits per heavy atom. The van der Waals surface area contributed by atoms with Gasteiger partial charge in [0, 0.05) is 48.7 Å². The Labute approximate surface area is 346 Å². The van der Waals surface area contributed by atoms with Crippen molar-refractivity contribution in [3.8, 4) is 33.9 Å². The van der Waals surface area contributed by atoms with E-state index in [2.05, 4.69) is 38.3 Å². The van der Waals surface area contributed by atoms with E-state index < -0.39 is 58.7 Å². The van der Waals surface area contributed by atoms with Crippen LogP contribution in [0.15, 0.2) is 74.3 Å². The highest BCUT2D eigenvalue weighted by Crippen LogP contribution is 2.47. The lowest BCUT2D eigenvalue weighted by Crippen LogP contribution is -2.34. The molecule has 322 valence electrons. The zero-order valence-corrected chi connectivity index (χ0v) is 32.6. The third-order valence-electron chi connectivity index (χ3n) is 8.65. The Kier molecular flexibility index (Phi) is 12.4. The van der Waals surface area contributed by atoms with Crippen molar-refractivity contribution in [1.29, 1.82) is 0 Å². The van der Waals surface area contributed by atoms with Gasteiger partial charge in [-0.05, 0) is 35.4 Å². The van der Waals surface area contributed by atoms with Crippen molar-refractivity contribution in [2.45, 2.75) is 24.2 Å². The molecule has 0 saturated carbocycles. The van der Waals surface area contributed by atoms with E-state index in [1.54, 1.807) is 6.07 Å². The number of methoxy groups -OCH3 is 1. The molecule has 0 spiro atoms. The molecule has 12 nitrogen and oxygen atoms in total. The van der Waals surface area contributed by atoms with Crippen molar-refractivity contribution < 1.29 is 63.3 Å². The van der Waals surface area contributed by atoms with Gasteiger partial charge in [-0.15, -0.1) is 0 Å². The molecule has 61 heavy (non-hydrogen) atoms. The van der Waals surface area contributed by atoms with Crippen molar-refractivity contribution in [1.82, 2.24) is 39.1 Å². The Morgan fingerprint density at radius 3 is 1.39 bits per heavy atom. The summed E-state index contributed by atoms with van der Waals surface area (Å²) in [5.41, 5.74) is -2.44. The predicted octanol–water partition coefficient (Wildman–Crippen LogP) is 9.93. The zero-order chi connectivity index (χ0) is 45.6. The Balaban J connectivity index is 0.000000231. The third kappa shape index (κ3) is 8.49. The number of hydrogen-bond donors (Lipinski definition) is 1. The Bertz CT molecular complexity index is 2680. The average Bonchev–Trinajstić information content (AvgIpc) is 3.99. The highest BCUT2D eigenvalue weighted by molar-refractivity contribution is 6.34. The summed E-state index contributed by atoms with van der Waals surface area (Å²) in [6.07, 6.45) is -4.65. The Hall–Kier alpha value is -6.42. The molecule has 4 aromatic heterocycles. The number of aromatic carboxylic acids is 1. The quantitative estimate of drug-likeness (QED) is 0.106. The first kappa shape index (κ1) is 45.7. The summed E-state index contributed by atoms with van der Waals surface area (Å²) < 4.78 is 141. The van der Waals surface area contributed by atoms with E-state index in [-0.39, 0.29) is 32.8 Å². The number of alkyl halides is 10. The summed E-state index contributed by atoms with van der Waals surface area (Å²) in [6.45, 7) is 6.66. The fourth-order valence-electron chi connectivity index (χ4n) is 5.73. The number of carboxylic acids is 1. The molecule has 0 aliphatic rings. The highest BCUT2D eigenvalue weighted by Gasteiger charge is 2.62. The van der Waals surface area contributed by atoms with Crippen molar-refractivity contribution in [2.75, 3.05) is 7.11 Å². The topological polar surface area (TPSA) is 135 Å². The minimum Gasteiger partial charge on any atom is -0.478 e. The molecule has 0 aliphatic carbocycles. The summed E-state index contributed by atoms with van der Waals surface area (Å²) in [4.78, 5) is 23.1. The molecule has 4 heterocycles. The summed E-state index contributed by atoms with van der Waals surface area (Å²) >= 11 is 11.8. The van der Waals surface area contributed by atoms with Crippen molar-refractivity contribution in [3.05, 3.63) is 118 Å². The van der Waals surface area contributed by atoms with Crippen LogP contribution in [0.3, 0.4) is 0 Å². The van der Waals surface area contributed by atoms with Gasteiger partial charge in [0.1, 0.15) is 0 Å². The fraction of sp³-hybridized carbons (Fsp3) is 0.189. The summed E-state index contributed by atoms with van der Waals surface area (Å²) in [5, 5.41) is 24.1. The zero-order valence-electron chi connectivity index (χ0n) is 31.1. The summed E-state index contributed by atoms with van der Waals surface area (Å²) in [7, 11) is 3.58. The first-order valence-electron chi connectivity index (χ1n) is 16.6. The van der Waals surface area contributed by atoms with E-state index in [1.165, 1.54) is 76.3 Å². The number of aryl methyl sites for hydroxylation is 2. The maximum absolute atomic E-state index is 13.9. The number of ether oxygens (including phenoxy) is 1. The first-order chi connectivity index (χ1) is 28.3. The second kappa shape index (κ2) is 16.6. The molecule has 0 unspecified atom stereocenters. The van der Waals surface area contributed by atoms with Gasteiger partial charge in [0.2, 0.25) is 0 Å². The molecular weight excluding hydrogens is 881 g/mol. The van der Waals surface area contributed by atoms with E-state index >= 15 is 0 Å². The van der Waals surface area contributed by atoms with Crippen LogP contribution in [0.4, 0.5) is 43.9 Å². The lowest BCUT2D eigenvalue weighted by Gasteiger charge is -2.18. The maximum Gasteiger partial charge on any atom is 0.459 e. The minimum atomic E-state index is -5.85. The van der Waals surface area contributed by atoms with E-state index in [0.717, 1.165) is 30.9 Å². The number of halogens is 12. The predicted molar refractivity (Wildman–Crippen MR) is 200 cm³/mol. The number of nitrogens with zero attached hydrogens (tertiary/aromatic N) is 8. The highest BCUT2D eigenvalue weighted by atomic mass is 35.5. The molecule has 0 fully saturated rings. The minimum absolute atomic E-state index is 0.0123. The van der Waals surface area contributed by atoms with Crippen molar-refractivity contribution in [3.63, 3.8) is 0 Å². The molecule has 1 N–H and O–H groups in total. The van der Waals surface area contributed by atoms with Crippen LogP contribution >= 0.6 is 23.2 Å². The largest absolute Gasteiger partial charge is 0.478 e. The van der Waals surface area contributed by atoms with Crippen LogP contribution in [0.5, 0.6) is 0 Å². The second-order valence-electron chi connectivity index (χ2n) is 12.5. The number of carbonyl (C=O) groups excluding carboxylic acids is 1. The molecule has 0 atom stereocenters. The number of hydrogen-bond acceptors (Lipinski definition) is 7. The number of esters is 1. The molecule has 0 radical (unpaired) electrons. The molecule has 0 aliphatic heterocycles. The fourth-order valence-corrected chi connectivity index (χ4v) is 6.12. The molecule has 6 aromatic rings. The Morgan fingerprint density at radius 2 is 1.05 bits per heavy atom. The standard InChI is InChI=1S/C19H14ClF5N4O2.C18H12ClF5N4O2/c1-4-12-15(18(21,22)19(23,24)25)27-28(2)16(12)29-9-11(8-26-29)10-5-6-14(20)13(7-10)17(30)31-3;1-3-11-14(17(20,21)18(22,23)24)26-27(2)15(11)28-8-10(7-25-28)9-4-5-13(19)12(6-9)16(29)30/h4-9H,1H2,2-3H3;3-8H,1H2,2H3,(H,29,30). The average molecular weight is 908 g/mol. The van der Waals surface area contributed by atoms with E-state index in [4.69, 9.17) is 23.2 Å². The van der Waals surface area contributed by atoms with E-state index in [0.29, 0.717) is 22.3 Å². The van der Waals surface area contributed by atoms with E-state index in [1.807, 2.05) is 0 Å². The monoisotopic (exact) mass is 906 g/mol. The molecule has 0 saturated heterocycles. The van der Waals surface area contributed by atoms with E-state index in [9.17, 15) is 58.6 Å². The number of benzene rings is 2. The van der Waals surface area contributed by atoms with Gasteiger partial charge in [0.15, 0.2) is 23.0 Å². The van der Waals surface area contributed by atoms with Gasteiger partial charge in [-0.25, -0.2) is 28.3 Å². The van der Waals surface area contributed by atoms with Crippen LogP contribution in [0.2, 0.25) is 10.0 Å². The number of carboxylic acid groups (broad SMARTS) is 1. The molecule has 6 rings (SSSR count). The lowest BCUT2D eigenvalue weighted by atomic mass is 10.1. The van der Waals surface area contributed by atoms with Crippen LogP contribution in [-0.4, -0.2) is 75.6 Å². The van der Waals surface area contributed by atoms with Gasteiger partial charge in [-0.3, -0.25) is 0 Å². The molecule has 24 heteroatoms. The van der Waals surface area contributed by atoms with Crippen LogP contribution < -0.4 is 0 Å². The molecule has 0 amide bonds. The van der Waals surface area contributed by atoms with Gasteiger partial charge in [-0.2, -0.15) is 64.3 Å². The molecular formula is C37H26Cl2F10N8O4. The first-order valence-corrected chi connectivity index (χ1v) is 17.4. The van der Waals surface area contributed by atoms with Gasteiger partial charge < -0.3 is 9.84 Å². The summed E-state index contributed by atoms with van der Waals surface area (Å²) in [5.74, 6) is -12.6. The van der Waals surface area contributed by atoms with Crippen molar-refractivity contribution in [2.24, 2.45) is 14.1 Å². The smallest absolute Gasteiger partial charge is 0.459 e.